The SMILES string of the molecule is CCN(CC1CCC(C(F)(F)F)CC1)c1ncnc2c1ccn2CC1(O)CCNCC1O. The van der Waals surface area contributed by atoms with E-state index in [-0.39, 0.29) is 25.3 Å². The number of hydrogen-bond acceptors (Lipinski definition) is 6. The minimum absolute atomic E-state index is 0.192. The molecule has 0 amide bonds. The number of fused-ring (bicyclic) bond motifs is 1. The Hall–Kier alpha value is -1.91. The third kappa shape index (κ3) is 4.72. The fraction of sp³-hybridized carbons (Fsp3) is 0.727. The van der Waals surface area contributed by atoms with Crippen LogP contribution in [0.5, 0.6) is 0 Å². The van der Waals surface area contributed by atoms with Crippen LogP contribution in [0.2, 0.25) is 0 Å². The van der Waals surface area contributed by atoms with Crippen molar-refractivity contribution in [2.24, 2.45) is 11.8 Å². The molecule has 0 spiro atoms. The van der Waals surface area contributed by atoms with Gasteiger partial charge in [-0.1, -0.05) is 0 Å². The highest BCUT2D eigenvalue weighted by Gasteiger charge is 2.42. The second kappa shape index (κ2) is 9.15. The average molecular weight is 456 g/mol. The summed E-state index contributed by atoms with van der Waals surface area (Å²) in [6.07, 6.45) is 0.321. The molecule has 3 heterocycles. The number of nitrogens with one attached hydrogen (secondary N) is 1. The zero-order valence-electron chi connectivity index (χ0n) is 18.4. The van der Waals surface area contributed by atoms with Crippen LogP contribution in [0, 0.1) is 11.8 Å². The Morgan fingerprint density at radius 3 is 2.66 bits per heavy atom. The van der Waals surface area contributed by atoms with Crippen molar-refractivity contribution in [3.63, 3.8) is 0 Å². The van der Waals surface area contributed by atoms with E-state index in [0.29, 0.717) is 51.1 Å². The summed E-state index contributed by atoms with van der Waals surface area (Å²) in [7, 11) is 0. The Balaban J connectivity index is 1.50. The zero-order chi connectivity index (χ0) is 22.9. The van der Waals surface area contributed by atoms with Crippen molar-refractivity contribution in [3.8, 4) is 0 Å². The lowest BCUT2D eigenvalue weighted by atomic mass is 9.81. The summed E-state index contributed by atoms with van der Waals surface area (Å²) in [5.41, 5.74) is -0.558. The van der Waals surface area contributed by atoms with E-state index in [2.05, 4.69) is 20.2 Å². The predicted molar refractivity (Wildman–Crippen MR) is 115 cm³/mol. The second-order valence-electron chi connectivity index (χ2n) is 9.25. The molecule has 2 aromatic heterocycles. The molecule has 1 saturated carbocycles. The molecular weight excluding hydrogens is 423 g/mol. The van der Waals surface area contributed by atoms with E-state index in [1.807, 2.05) is 23.8 Å². The Morgan fingerprint density at radius 2 is 2.00 bits per heavy atom. The smallest absolute Gasteiger partial charge is 0.389 e. The van der Waals surface area contributed by atoms with Crippen LogP contribution in [0.25, 0.3) is 11.0 Å². The van der Waals surface area contributed by atoms with E-state index < -0.39 is 23.8 Å². The van der Waals surface area contributed by atoms with Gasteiger partial charge in [0, 0.05) is 25.8 Å². The largest absolute Gasteiger partial charge is 0.391 e. The number of β-amino-alcohol motifs (C(OH)–C–C–N with tert-alkyl or cyclic N) is 1. The molecule has 2 aromatic rings. The first-order valence-electron chi connectivity index (χ1n) is 11.4. The Bertz CT molecular complexity index is 913. The molecular formula is C22H32F3N5O2. The van der Waals surface area contributed by atoms with E-state index in [1.165, 1.54) is 6.33 Å². The van der Waals surface area contributed by atoms with Crippen molar-refractivity contribution in [2.45, 2.75) is 63.5 Å². The monoisotopic (exact) mass is 455 g/mol. The van der Waals surface area contributed by atoms with Crippen molar-refractivity contribution in [1.82, 2.24) is 19.9 Å². The Kier molecular flexibility index (Phi) is 6.65. The highest BCUT2D eigenvalue weighted by atomic mass is 19.4. The molecule has 2 atom stereocenters. The third-order valence-electron chi connectivity index (χ3n) is 7.14. The van der Waals surface area contributed by atoms with Crippen molar-refractivity contribution in [2.75, 3.05) is 31.1 Å². The van der Waals surface area contributed by atoms with Gasteiger partial charge >= 0.3 is 6.18 Å². The molecule has 10 heteroatoms. The van der Waals surface area contributed by atoms with Crippen molar-refractivity contribution in [3.05, 3.63) is 18.6 Å². The van der Waals surface area contributed by atoms with Crippen molar-refractivity contribution in [1.29, 1.82) is 0 Å². The maximum Gasteiger partial charge on any atom is 0.391 e. The lowest BCUT2D eigenvalue weighted by Crippen LogP contribution is -2.56. The average Bonchev–Trinajstić information content (AvgIpc) is 3.17. The van der Waals surface area contributed by atoms with Crippen LogP contribution < -0.4 is 10.2 Å². The number of piperidine rings is 1. The lowest BCUT2D eigenvalue weighted by molar-refractivity contribution is -0.183. The van der Waals surface area contributed by atoms with Gasteiger partial charge in [0.1, 0.15) is 23.4 Å². The standard InChI is InChI=1S/C22H32F3N5O2/c1-2-29(12-15-3-5-16(6-4-15)22(23,24)25)19-17-7-10-30(20(17)28-14-27-19)13-21(32)8-9-26-11-18(21)31/h7,10,14-16,18,26,31-32H,2-6,8-9,11-13H2,1H3. The minimum atomic E-state index is -4.09. The van der Waals surface area contributed by atoms with Crippen LogP contribution in [-0.2, 0) is 6.54 Å². The molecule has 2 unspecified atom stereocenters. The van der Waals surface area contributed by atoms with Gasteiger partial charge in [-0.3, -0.25) is 0 Å². The van der Waals surface area contributed by atoms with Gasteiger partial charge in [-0.2, -0.15) is 13.2 Å². The number of aliphatic hydroxyl groups excluding tert-OH is 1. The van der Waals surface area contributed by atoms with E-state index in [9.17, 15) is 23.4 Å². The molecule has 3 N–H and O–H groups in total. The summed E-state index contributed by atoms with van der Waals surface area (Å²) in [5, 5.41) is 25.2. The Morgan fingerprint density at radius 1 is 1.25 bits per heavy atom. The number of alkyl halides is 3. The number of anilines is 1. The Labute approximate surface area is 185 Å². The van der Waals surface area contributed by atoms with Crippen LogP contribution in [-0.4, -0.2) is 68.8 Å². The molecule has 2 fully saturated rings. The molecule has 0 aromatic carbocycles. The van der Waals surface area contributed by atoms with Gasteiger partial charge in [0.05, 0.1) is 24.0 Å². The molecule has 7 nitrogen and oxygen atoms in total. The van der Waals surface area contributed by atoms with Crippen molar-refractivity contribution < 1.29 is 23.4 Å². The van der Waals surface area contributed by atoms with Crippen LogP contribution >= 0.6 is 0 Å². The third-order valence-corrected chi connectivity index (χ3v) is 7.14. The number of halogens is 3. The van der Waals surface area contributed by atoms with Crippen molar-refractivity contribution >= 4 is 16.9 Å². The summed E-state index contributed by atoms with van der Waals surface area (Å²) in [6, 6.07) is 1.91. The molecule has 32 heavy (non-hydrogen) atoms. The molecule has 2 aliphatic rings. The van der Waals surface area contributed by atoms with Gasteiger partial charge in [-0.15, -0.1) is 0 Å². The van der Waals surface area contributed by atoms with E-state index in [0.717, 1.165) is 11.2 Å². The van der Waals surface area contributed by atoms with Gasteiger partial charge in [-0.25, -0.2) is 9.97 Å². The number of aromatic nitrogens is 3. The van der Waals surface area contributed by atoms with E-state index in [4.69, 9.17) is 0 Å². The topological polar surface area (TPSA) is 86.4 Å². The number of hydrogen-bond donors (Lipinski definition) is 3. The molecule has 4 rings (SSSR count). The van der Waals surface area contributed by atoms with Crippen LogP contribution in [0.3, 0.4) is 0 Å². The number of rotatable bonds is 6. The summed E-state index contributed by atoms with van der Waals surface area (Å²) in [6.45, 7) is 4.56. The number of nitrogens with zero attached hydrogens (tertiary/aromatic N) is 4. The van der Waals surface area contributed by atoms with Gasteiger partial charge < -0.3 is 25.0 Å². The quantitative estimate of drug-likeness (QED) is 0.621. The summed E-state index contributed by atoms with van der Waals surface area (Å²) < 4.78 is 40.8. The number of aliphatic hydroxyl groups is 2. The maximum atomic E-state index is 13.0. The molecule has 1 saturated heterocycles. The molecule has 0 radical (unpaired) electrons. The fourth-order valence-electron chi connectivity index (χ4n) is 5.10. The van der Waals surface area contributed by atoms with Gasteiger partial charge in [-0.05, 0) is 57.6 Å². The fourth-order valence-corrected chi connectivity index (χ4v) is 5.10. The minimum Gasteiger partial charge on any atom is -0.389 e. The van der Waals surface area contributed by atoms with Gasteiger partial charge in [0.15, 0.2) is 0 Å². The molecule has 178 valence electrons. The summed E-state index contributed by atoms with van der Waals surface area (Å²) in [4.78, 5) is 11.0. The second-order valence-corrected chi connectivity index (χ2v) is 9.25. The normalized spacial score (nSPS) is 29.4. The maximum absolute atomic E-state index is 13.0. The van der Waals surface area contributed by atoms with E-state index >= 15 is 0 Å². The van der Waals surface area contributed by atoms with Crippen LogP contribution in [0.1, 0.15) is 39.0 Å². The van der Waals surface area contributed by atoms with Gasteiger partial charge in [0.25, 0.3) is 0 Å². The summed E-state index contributed by atoms with van der Waals surface area (Å²) in [5.74, 6) is -0.219. The van der Waals surface area contributed by atoms with Crippen LogP contribution in [0.15, 0.2) is 18.6 Å². The first-order valence-corrected chi connectivity index (χ1v) is 11.4. The highest BCUT2D eigenvalue weighted by molar-refractivity contribution is 5.87. The van der Waals surface area contributed by atoms with Crippen LogP contribution in [0.4, 0.5) is 19.0 Å². The van der Waals surface area contributed by atoms with Gasteiger partial charge in [0.2, 0.25) is 0 Å². The molecule has 0 bridgehead atoms. The molecule has 1 aliphatic carbocycles. The zero-order valence-corrected chi connectivity index (χ0v) is 18.4. The first kappa shape index (κ1) is 23.3. The first-order chi connectivity index (χ1) is 15.2. The van der Waals surface area contributed by atoms with E-state index in [1.54, 1.807) is 0 Å². The molecule has 1 aliphatic heterocycles. The summed E-state index contributed by atoms with van der Waals surface area (Å²) >= 11 is 0. The highest BCUT2D eigenvalue weighted by Crippen LogP contribution is 2.40. The predicted octanol–water partition coefficient (Wildman–Crippen LogP) is 2.71. The lowest BCUT2D eigenvalue weighted by Gasteiger charge is -2.37.